The smallest absolute Gasteiger partial charge is 0.392 e. The number of carbonyl (C=O) groups is 1. The van der Waals surface area contributed by atoms with Crippen molar-refractivity contribution in [1.29, 1.82) is 0 Å². The predicted octanol–water partition coefficient (Wildman–Crippen LogP) is 1.33. The lowest BCUT2D eigenvalue weighted by Crippen LogP contribution is -2.39. The molecule has 2 N–H and O–H groups in total. The summed E-state index contributed by atoms with van der Waals surface area (Å²) in [6.45, 7) is -0.0306. The van der Waals surface area contributed by atoms with E-state index in [-0.39, 0.29) is 17.7 Å². The molecule has 94 valence electrons. The molecular weight excluding hydrogens is 262 g/mol. The van der Waals surface area contributed by atoms with Gasteiger partial charge in [0.2, 0.25) is 0 Å². The van der Waals surface area contributed by atoms with E-state index in [1.54, 1.807) is 0 Å². The molecule has 0 aromatic rings. The molecule has 0 heterocycles. The third-order valence-electron chi connectivity index (χ3n) is 2.55. The van der Waals surface area contributed by atoms with Crippen LogP contribution < -0.4 is 5.32 Å². The second kappa shape index (κ2) is 5.56. The van der Waals surface area contributed by atoms with Gasteiger partial charge in [-0.3, -0.25) is 4.79 Å². The molecule has 1 aliphatic rings. The third kappa shape index (κ3) is 3.79. The summed E-state index contributed by atoms with van der Waals surface area (Å²) in [5.41, 5.74) is 0. The van der Waals surface area contributed by atoms with Crippen molar-refractivity contribution in [2.24, 2.45) is 5.92 Å². The van der Waals surface area contributed by atoms with Crippen LogP contribution in [-0.2, 0) is 4.79 Å². The van der Waals surface area contributed by atoms with Crippen molar-refractivity contribution in [3.63, 3.8) is 0 Å². The van der Waals surface area contributed by atoms with Gasteiger partial charge in [0, 0.05) is 11.8 Å². The summed E-state index contributed by atoms with van der Waals surface area (Å²) < 4.78 is 35.6. The van der Waals surface area contributed by atoms with Gasteiger partial charge in [-0.15, -0.1) is 11.4 Å². The molecular formula is C8H13F3NO2PS. The zero-order valence-electron chi connectivity index (χ0n) is 8.33. The van der Waals surface area contributed by atoms with Gasteiger partial charge in [-0.1, -0.05) is 8.44 Å². The van der Waals surface area contributed by atoms with Gasteiger partial charge in [-0.2, -0.15) is 13.2 Å². The van der Waals surface area contributed by atoms with Crippen LogP contribution >= 0.6 is 19.8 Å². The molecule has 4 atom stereocenters. The highest BCUT2D eigenvalue weighted by Crippen LogP contribution is 2.37. The fourth-order valence-electron chi connectivity index (χ4n) is 1.73. The summed E-state index contributed by atoms with van der Waals surface area (Å²) in [4.78, 5) is 10.5. The number of halogens is 3. The molecule has 1 rings (SSSR count). The Morgan fingerprint density at radius 2 is 2.12 bits per heavy atom. The zero-order valence-corrected chi connectivity index (χ0v) is 10.3. The molecule has 1 saturated carbocycles. The zero-order chi connectivity index (χ0) is 12.3. The van der Waals surface area contributed by atoms with E-state index in [1.807, 2.05) is 5.32 Å². The Kier molecular flexibility index (Phi) is 4.88. The maximum absolute atomic E-state index is 11.9. The Balaban J connectivity index is 2.33. The van der Waals surface area contributed by atoms with Gasteiger partial charge in [0.25, 0.3) is 0 Å². The lowest BCUT2D eigenvalue weighted by Gasteiger charge is -2.12. The maximum Gasteiger partial charge on any atom is 0.471 e. The van der Waals surface area contributed by atoms with Crippen LogP contribution in [0, 0.1) is 5.92 Å². The maximum atomic E-state index is 11.9. The lowest BCUT2D eigenvalue weighted by atomic mass is 10.1. The summed E-state index contributed by atoms with van der Waals surface area (Å²) in [5.74, 6) is -2.00. The highest BCUT2D eigenvalue weighted by Gasteiger charge is 2.39. The number of hydrogen-bond acceptors (Lipinski definition) is 3. The van der Waals surface area contributed by atoms with E-state index in [2.05, 4.69) is 8.44 Å². The molecule has 0 spiro atoms. The Hall–Kier alpha value is -0.000000000000000111. The number of amides is 1. The quantitative estimate of drug-likeness (QED) is 0.764. The molecule has 0 saturated heterocycles. The van der Waals surface area contributed by atoms with Crippen LogP contribution in [-0.4, -0.2) is 35.1 Å². The molecule has 1 aliphatic carbocycles. The number of rotatable bonds is 3. The summed E-state index contributed by atoms with van der Waals surface area (Å²) in [6.07, 6.45) is -4.28. The van der Waals surface area contributed by atoms with Crippen LogP contribution in [0.25, 0.3) is 0 Å². The highest BCUT2D eigenvalue weighted by molar-refractivity contribution is 8.44. The van der Waals surface area contributed by atoms with Gasteiger partial charge in [0.15, 0.2) is 0 Å². The minimum atomic E-state index is -4.83. The van der Waals surface area contributed by atoms with E-state index in [9.17, 15) is 23.1 Å². The van der Waals surface area contributed by atoms with Crippen LogP contribution in [0.4, 0.5) is 13.2 Å². The monoisotopic (exact) mass is 275 g/mol. The molecule has 3 nitrogen and oxygen atoms in total. The van der Waals surface area contributed by atoms with Crippen molar-refractivity contribution >= 4 is 25.7 Å². The van der Waals surface area contributed by atoms with Crippen molar-refractivity contribution in [2.75, 3.05) is 6.54 Å². The standard InChI is InChI=1S/C8H13F3NO2PS/c9-8(10,11)7(14)12-3-4-1-5(13)6(2-4)16-15/h4-6,13H,1-3,15H2,(H,12,14)/t4-,5+,6+/m0/s1. The fourth-order valence-corrected chi connectivity index (χ4v) is 3.28. The van der Waals surface area contributed by atoms with Gasteiger partial charge in [-0.05, 0) is 18.8 Å². The molecule has 0 aromatic carbocycles. The van der Waals surface area contributed by atoms with E-state index < -0.39 is 18.2 Å². The second-order valence-electron chi connectivity index (χ2n) is 3.79. The normalized spacial score (nSPS) is 30.4. The summed E-state index contributed by atoms with van der Waals surface area (Å²) in [5, 5.41) is 11.4. The molecule has 1 unspecified atom stereocenters. The highest BCUT2D eigenvalue weighted by atomic mass is 32.7. The van der Waals surface area contributed by atoms with E-state index >= 15 is 0 Å². The molecule has 8 heteroatoms. The molecule has 0 aromatic heterocycles. The largest absolute Gasteiger partial charge is 0.471 e. The first kappa shape index (κ1) is 14.1. The topological polar surface area (TPSA) is 49.3 Å². The van der Waals surface area contributed by atoms with Crippen LogP contribution in [0.2, 0.25) is 0 Å². The van der Waals surface area contributed by atoms with Gasteiger partial charge < -0.3 is 10.4 Å². The van der Waals surface area contributed by atoms with Crippen LogP contribution in [0.3, 0.4) is 0 Å². The number of aliphatic hydroxyl groups is 1. The molecule has 0 aliphatic heterocycles. The number of aliphatic hydroxyl groups excluding tert-OH is 1. The molecule has 0 bridgehead atoms. The summed E-state index contributed by atoms with van der Waals surface area (Å²) >= 11 is 1.42. The molecule has 1 amide bonds. The second-order valence-corrected chi connectivity index (χ2v) is 5.48. The van der Waals surface area contributed by atoms with Gasteiger partial charge in [0.1, 0.15) is 0 Å². The predicted molar refractivity (Wildman–Crippen MR) is 58.9 cm³/mol. The first-order valence-electron chi connectivity index (χ1n) is 4.73. The SMILES string of the molecule is O=C(NC[C@H]1C[C@@H](O)[C@H](SP)C1)C(F)(F)F. The van der Waals surface area contributed by atoms with E-state index in [1.165, 1.54) is 11.4 Å². The van der Waals surface area contributed by atoms with E-state index in [0.29, 0.717) is 12.8 Å². The summed E-state index contributed by atoms with van der Waals surface area (Å²) in [7, 11) is 2.43. The third-order valence-corrected chi connectivity index (χ3v) is 4.46. The Bertz CT molecular complexity index is 264. The van der Waals surface area contributed by atoms with Gasteiger partial charge in [-0.25, -0.2) is 0 Å². The van der Waals surface area contributed by atoms with Crippen molar-refractivity contribution in [2.45, 2.75) is 30.4 Å². The molecule has 0 radical (unpaired) electrons. The first-order chi connectivity index (χ1) is 7.34. The average Bonchev–Trinajstić information content (AvgIpc) is 2.54. The average molecular weight is 275 g/mol. The number of nitrogens with one attached hydrogen (secondary N) is 1. The van der Waals surface area contributed by atoms with E-state index in [0.717, 1.165) is 0 Å². The Labute approximate surface area is 97.5 Å². The van der Waals surface area contributed by atoms with Crippen molar-refractivity contribution in [3.8, 4) is 0 Å². The molecule has 16 heavy (non-hydrogen) atoms. The van der Waals surface area contributed by atoms with Crippen LogP contribution in [0.5, 0.6) is 0 Å². The Morgan fingerprint density at radius 1 is 1.50 bits per heavy atom. The van der Waals surface area contributed by atoms with Crippen molar-refractivity contribution in [3.05, 3.63) is 0 Å². The van der Waals surface area contributed by atoms with Crippen molar-refractivity contribution in [1.82, 2.24) is 5.32 Å². The number of hydrogen-bond donors (Lipinski definition) is 2. The van der Waals surface area contributed by atoms with E-state index in [4.69, 9.17) is 0 Å². The van der Waals surface area contributed by atoms with Gasteiger partial charge >= 0.3 is 12.1 Å². The number of carbonyl (C=O) groups excluding carboxylic acids is 1. The molecule has 1 fully saturated rings. The number of alkyl halides is 3. The fraction of sp³-hybridized carbons (Fsp3) is 0.875. The first-order valence-corrected chi connectivity index (χ1v) is 7.09. The van der Waals surface area contributed by atoms with Crippen molar-refractivity contribution < 1.29 is 23.1 Å². The van der Waals surface area contributed by atoms with Gasteiger partial charge in [0.05, 0.1) is 6.10 Å². The van der Waals surface area contributed by atoms with Crippen LogP contribution in [0.1, 0.15) is 12.8 Å². The van der Waals surface area contributed by atoms with Crippen LogP contribution in [0.15, 0.2) is 0 Å². The lowest BCUT2D eigenvalue weighted by molar-refractivity contribution is -0.173. The minimum absolute atomic E-state index is 0.0257. The summed E-state index contributed by atoms with van der Waals surface area (Å²) in [6, 6.07) is 0. The Morgan fingerprint density at radius 3 is 2.56 bits per heavy atom. The minimum Gasteiger partial charge on any atom is -0.392 e.